The van der Waals surface area contributed by atoms with Crippen LogP contribution in [-0.2, 0) is 14.6 Å². The first-order valence-electron chi connectivity index (χ1n) is 7.86. The number of nitrogens with zero attached hydrogens (tertiary/aromatic N) is 2. The second kappa shape index (κ2) is 7.63. The van der Waals surface area contributed by atoms with Crippen molar-refractivity contribution in [1.29, 1.82) is 0 Å². The molecular formula is C17H15Cl2N2O5PS. The van der Waals surface area contributed by atoms with Crippen LogP contribution in [0.1, 0.15) is 5.56 Å². The van der Waals surface area contributed by atoms with Gasteiger partial charge in [-0.2, -0.15) is 0 Å². The van der Waals surface area contributed by atoms with Gasteiger partial charge in [-0.05, 0) is 48.9 Å². The summed E-state index contributed by atoms with van der Waals surface area (Å²) in [7, 11) is -9.15. The Hall–Kier alpha value is -1.67. The first-order chi connectivity index (χ1) is 13.0. The number of fused-ring (bicyclic) bond motifs is 1. The molecule has 0 spiro atoms. The van der Waals surface area contributed by atoms with Crippen LogP contribution in [0.5, 0.6) is 0 Å². The lowest BCUT2D eigenvalue weighted by atomic mass is 10.1. The van der Waals surface area contributed by atoms with Gasteiger partial charge >= 0.3 is 7.60 Å². The third kappa shape index (κ3) is 4.49. The van der Waals surface area contributed by atoms with E-state index in [2.05, 4.69) is 4.98 Å². The topological polar surface area (TPSA) is 108 Å². The Morgan fingerprint density at radius 2 is 1.75 bits per heavy atom. The van der Waals surface area contributed by atoms with E-state index in [0.717, 1.165) is 5.56 Å². The predicted octanol–water partition coefficient (Wildman–Crippen LogP) is 4.18. The van der Waals surface area contributed by atoms with Crippen LogP contribution in [-0.4, -0.2) is 29.5 Å². The number of halogens is 2. The standard InChI is InChI=1S/C17H15Cl2N2O5PS/c1-11-5-15-16(20-9-11)3-2-4-17(15)21(10-27(22,23)24)28(25,26)14-7-12(18)6-13(19)8-14/h2-9H,10H2,1H3,(H2,22,23,24). The van der Waals surface area contributed by atoms with E-state index in [9.17, 15) is 22.8 Å². The molecule has 1 aromatic heterocycles. The second-order valence-corrected chi connectivity index (χ2v) is 10.5. The maximum absolute atomic E-state index is 13.3. The molecule has 7 nitrogen and oxygen atoms in total. The summed E-state index contributed by atoms with van der Waals surface area (Å²) in [5.74, 6) is 0. The average Bonchev–Trinajstić information content (AvgIpc) is 2.57. The molecule has 1 heterocycles. The molecule has 2 N–H and O–H groups in total. The molecule has 0 saturated heterocycles. The number of hydrogen-bond acceptors (Lipinski definition) is 4. The van der Waals surface area contributed by atoms with Crippen LogP contribution in [0, 0.1) is 6.92 Å². The summed E-state index contributed by atoms with van der Waals surface area (Å²) in [5, 5.41) is 0.600. The van der Waals surface area contributed by atoms with Gasteiger partial charge in [-0.15, -0.1) is 0 Å². The van der Waals surface area contributed by atoms with E-state index in [-0.39, 0.29) is 20.6 Å². The highest BCUT2D eigenvalue weighted by atomic mass is 35.5. The summed E-state index contributed by atoms with van der Waals surface area (Å²) in [5.41, 5.74) is 1.34. The Morgan fingerprint density at radius 3 is 2.36 bits per heavy atom. The highest BCUT2D eigenvalue weighted by Crippen LogP contribution is 2.41. The van der Waals surface area contributed by atoms with Crippen molar-refractivity contribution >= 4 is 57.4 Å². The molecule has 28 heavy (non-hydrogen) atoms. The fraction of sp³-hybridized carbons (Fsp3) is 0.118. The number of hydrogen-bond donors (Lipinski definition) is 2. The van der Waals surface area contributed by atoms with Crippen molar-refractivity contribution in [3.63, 3.8) is 0 Å². The maximum atomic E-state index is 13.3. The van der Waals surface area contributed by atoms with Crippen molar-refractivity contribution in [1.82, 2.24) is 4.98 Å². The van der Waals surface area contributed by atoms with Gasteiger partial charge in [0.05, 0.1) is 16.1 Å². The van der Waals surface area contributed by atoms with Crippen LogP contribution in [0.25, 0.3) is 10.9 Å². The summed E-state index contributed by atoms with van der Waals surface area (Å²) >= 11 is 11.8. The minimum Gasteiger partial charge on any atom is -0.323 e. The Bertz CT molecular complexity index is 1190. The van der Waals surface area contributed by atoms with Crippen molar-refractivity contribution in [2.75, 3.05) is 10.6 Å². The molecule has 0 aliphatic carbocycles. The minimum atomic E-state index is -4.76. The maximum Gasteiger partial charge on any atom is 0.345 e. The number of pyridine rings is 1. The van der Waals surface area contributed by atoms with Crippen LogP contribution >= 0.6 is 30.8 Å². The zero-order valence-corrected chi connectivity index (χ0v) is 17.7. The number of sulfonamides is 1. The van der Waals surface area contributed by atoms with Crippen LogP contribution < -0.4 is 4.31 Å². The molecule has 0 amide bonds. The van der Waals surface area contributed by atoms with Gasteiger partial charge in [0.2, 0.25) is 0 Å². The van der Waals surface area contributed by atoms with Gasteiger partial charge in [-0.1, -0.05) is 29.3 Å². The molecule has 2 aromatic carbocycles. The van der Waals surface area contributed by atoms with Gasteiger partial charge in [-0.25, -0.2) is 8.42 Å². The first-order valence-corrected chi connectivity index (χ1v) is 11.9. The molecule has 0 saturated carbocycles. The van der Waals surface area contributed by atoms with E-state index in [1.54, 1.807) is 31.3 Å². The molecule has 0 aliphatic heterocycles. The van der Waals surface area contributed by atoms with Gasteiger partial charge in [0.1, 0.15) is 6.29 Å². The Balaban J connectivity index is 2.29. The average molecular weight is 461 g/mol. The third-order valence-electron chi connectivity index (χ3n) is 3.84. The van der Waals surface area contributed by atoms with Crippen molar-refractivity contribution in [2.24, 2.45) is 0 Å². The van der Waals surface area contributed by atoms with Gasteiger partial charge in [-0.3, -0.25) is 13.9 Å². The largest absolute Gasteiger partial charge is 0.345 e. The number of aryl methyl sites for hydroxylation is 1. The van der Waals surface area contributed by atoms with Crippen LogP contribution in [0.3, 0.4) is 0 Å². The van der Waals surface area contributed by atoms with Crippen molar-refractivity contribution in [2.45, 2.75) is 11.8 Å². The summed E-state index contributed by atoms with van der Waals surface area (Å²) < 4.78 is 39.0. The Labute approximate surface area is 171 Å². The van der Waals surface area contributed by atoms with Crippen molar-refractivity contribution in [3.8, 4) is 0 Å². The highest BCUT2D eigenvalue weighted by Gasteiger charge is 2.32. The SMILES string of the molecule is Cc1cnc2cccc(N(CP(=O)(O)O)S(=O)(=O)c3cc(Cl)cc(Cl)c3)c2c1. The van der Waals surface area contributed by atoms with E-state index in [1.165, 1.54) is 24.3 Å². The third-order valence-corrected chi connectivity index (χ3v) is 6.86. The van der Waals surface area contributed by atoms with Gasteiger partial charge in [0.15, 0.2) is 0 Å². The van der Waals surface area contributed by atoms with Gasteiger partial charge < -0.3 is 9.79 Å². The molecule has 0 unspecified atom stereocenters. The molecule has 3 aromatic rings. The lowest BCUT2D eigenvalue weighted by molar-refractivity contribution is 0.373. The highest BCUT2D eigenvalue weighted by molar-refractivity contribution is 7.93. The first kappa shape index (κ1) is 21.0. The van der Waals surface area contributed by atoms with E-state index in [1.807, 2.05) is 0 Å². The number of anilines is 1. The number of aromatic nitrogens is 1. The number of benzene rings is 2. The molecule has 0 aliphatic rings. The zero-order valence-electron chi connectivity index (χ0n) is 14.5. The molecule has 3 rings (SSSR count). The smallest absolute Gasteiger partial charge is 0.323 e. The van der Waals surface area contributed by atoms with Crippen molar-refractivity contribution in [3.05, 3.63) is 64.3 Å². The van der Waals surface area contributed by atoms with E-state index in [4.69, 9.17) is 23.2 Å². The minimum absolute atomic E-state index is 0.0811. The Morgan fingerprint density at radius 1 is 1.11 bits per heavy atom. The fourth-order valence-corrected chi connectivity index (χ4v) is 6.14. The van der Waals surface area contributed by atoms with Crippen molar-refractivity contribution < 1.29 is 22.8 Å². The van der Waals surface area contributed by atoms with E-state index >= 15 is 0 Å². The summed E-state index contributed by atoms with van der Waals surface area (Å²) in [6.45, 7) is 1.78. The lowest BCUT2D eigenvalue weighted by Gasteiger charge is -2.26. The molecular weight excluding hydrogens is 446 g/mol. The quantitative estimate of drug-likeness (QED) is 0.552. The van der Waals surface area contributed by atoms with Crippen LogP contribution in [0.2, 0.25) is 10.0 Å². The molecule has 0 bridgehead atoms. The molecule has 0 radical (unpaired) electrons. The van der Waals surface area contributed by atoms with Crippen LogP contribution in [0.15, 0.2) is 53.6 Å². The van der Waals surface area contributed by atoms with Crippen LogP contribution in [0.4, 0.5) is 5.69 Å². The summed E-state index contributed by atoms with van der Waals surface area (Å²) in [4.78, 5) is 23.0. The van der Waals surface area contributed by atoms with Gasteiger partial charge in [0, 0.05) is 21.6 Å². The monoisotopic (exact) mass is 460 g/mol. The molecule has 0 fully saturated rings. The number of rotatable bonds is 5. The molecule has 11 heteroatoms. The van der Waals surface area contributed by atoms with E-state index in [0.29, 0.717) is 15.2 Å². The zero-order chi connectivity index (χ0) is 20.7. The molecule has 0 atom stereocenters. The summed E-state index contributed by atoms with van der Waals surface area (Å²) in [6.07, 6.45) is 0.567. The fourth-order valence-electron chi connectivity index (χ4n) is 2.71. The lowest BCUT2D eigenvalue weighted by Crippen LogP contribution is -2.32. The molecule has 148 valence electrons. The second-order valence-electron chi connectivity index (χ2n) is 6.12. The van der Waals surface area contributed by atoms with Gasteiger partial charge in [0.25, 0.3) is 10.0 Å². The Kier molecular flexibility index (Phi) is 5.74. The normalized spacial score (nSPS) is 12.3. The van der Waals surface area contributed by atoms with E-state index < -0.39 is 23.9 Å². The predicted molar refractivity (Wildman–Crippen MR) is 110 cm³/mol. The summed E-state index contributed by atoms with van der Waals surface area (Å²) in [6, 6.07) is 10.1.